The second kappa shape index (κ2) is 9.27. The molecule has 0 aromatic heterocycles. The summed E-state index contributed by atoms with van der Waals surface area (Å²) in [7, 11) is -0.400. The van der Waals surface area contributed by atoms with E-state index in [0.717, 1.165) is 11.1 Å². The highest BCUT2D eigenvalue weighted by Gasteiger charge is 2.21. The molecule has 3 N–H and O–H groups in total. The number of hydrogen-bond acceptors (Lipinski definition) is 4. The fourth-order valence-electron chi connectivity index (χ4n) is 2.77. The number of halogens is 2. The van der Waals surface area contributed by atoms with Crippen molar-refractivity contribution in [2.75, 3.05) is 26.0 Å². The standard InChI is InChI=1S/C20H25F2N3O2S/c1-14(11-15-7-5-4-6-8-15)19(9-10-25(2)3)24-20-17(21)12-16(13-18(20)22)28(23,26)27/h4-8,12-13,19,24H,1,9-11H2,2-3H3,(H2,23,26,27)/t19-/m1/s1. The van der Waals surface area contributed by atoms with Crippen LogP contribution in [0, 0.1) is 11.6 Å². The van der Waals surface area contributed by atoms with Crippen LogP contribution in [0.5, 0.6) is 0 Å². The van der Waals surface area contributed by atoms with Crippen LogP contribution in [0.25, 0.3) is 0 Å². The molecule has 28 heavy (non-hydrogen) atoms. The summed E-state index contributed by atoms with van der Waals surface area (Å²) < 4.78 is 51.6. The van der Waals surface area contributed by atoms with E-state index < -0.39 is 38.3 Å². The maximum Gasteiger partial charge on any atom is 0.238 e. The lowest BCUT2D eigenvalue weighted by molar-refractivity contribution is 0.392. The Hall–Kier alpha value is -2.29. The third-order valence-electron chi connectivity index (χ3n) is 4.29. The summed E-state index contributed by atoms with van der Waals surface area (Å²) in [4.78, 5) is 1.35. The van der Waals surface area contributed by atoms with Gasteiger partial charge in [-0.05, 0) is 51.2 Å². The van der Waals surface area contributed by atoms with Gasteiger partial charge in [-0.3, -0.25) is 0 Å². The zero-order valence-corrected chi connectivity index (χ0v) is 16.8. The van der Waals surface area contributed by atoms with Crippen LogP contribution < -0.4 is 10.5 Å². The molecule has 152 valence electrons. The van der Waals surface area contributed by atoms with Crippen LogP contribution in [-0.4, -0.2) is 40.0 Å². The van der Waals surface area contributed by atoms with Gasteiger partial charge in [0.2, 0.25) is 10.0 Å². The summed E-state index contributed by atoms with van der Waals surface area (Å²) in [6.07, 6.45) is 1.11. The zero-order valence-electron chi connectivity index (χ0n) is 16.0. The van der Waals surface area contributed by atoms with Crippen molar-refractivity contribution in [2.45, 2.75) is 23.8 Å². The third kappa shape index (κ3) is 6.12. The summed E-state index contributed by atoms with van der Waals surface area (Å²) in [6, 6.07) is 10.7. The second-order valence-corrected chi connectivity index (χ2v) is 8.48. The van der Waals surface area contributed by atoms with Gasteiger partial charge in [0, 0.05) is 6.04 Å². The number of sulfonamides is 1. The number of nitrogens with zero attached hydrogens (tertiary/aromatic N) is 1. The quantitative estimate of drug-likeness (QED) is 0.624. The Morgan fingerprint density at radius 1 is 1.18 bits per heavy atom. The smallest absolute Gasteiger partial charge is 0.238 e. The first kappa shape index (κ1) is 22.0. The predicted molar refractivity (Wildman–Crippen MR) is 108 cm³/mol. The lowest BCUT2D eigenvalue weighted by Gasteiger charge is -2.25. The van der Waals surface area contributed by atoms with Crippen molar-refractivity contribution in [2.24, 2.45) is 5.14 Å². The summed E-state index contributed by atoms with van der Waals surface area (Å²) in [5, 5.41) is 7.82. The highest BCUT2D eigenvalue weighted by molar-refractivity contribution is 7.89. The second-order valence-electron chi connectivity index (χ2n) is 6.92. The number of benzene rings is 2. The van der Waals surface area contributed by atoms with E-state index in [-0.39, 0.29) is 0 Å². The van der Waals surface area contributed by atoms with Crippen molar-refractivity contribution >= 4 is 15.7 Å². The Morgan fingerprint density at radius 3 is 2.25 bits per heavy atom. The summed E-state index contributed by atoms with van der Waals surface area (Å²) in [5.41, 5.74) is 1.41. The minimum atomic E-state index is -4.20. The Morgan fingerprint density at radius 2 is 1.75 bits per heavy atom. The highest BCUT2D eigenvalue weighted by atomic mass is 32.2. The highest BCUT2D eigenvalue weighted by Crippen LogP contribution is 2.26. The molecule has 8 heteroatoms. The van der Waals surface area contributed by atoms with Crippen molar-refractivity contribution in [1.29, 1.82) is 0 Å². The Kier molecular flexibility index (Phi) is 7.29. The largest absolute Gasteiger partial charge is 0.374 e. The molecule has 0 spiro atoms. The molecule has 0 radical (unpaired) electrons. The summed E-state index contributed by atoms with van der Waals surface area (Å²) in [6.45, 7) is 4.77. The molecular formula is C20H25F2N3O2S. The van der Waals surface area contributed by atoms with Crippen molar-refractivity contribution < 1.29 is 17.2 Å². The number of nitrogens with two attached hydrogens (primary N) is 1. The lowest BCUT2D eigenvalue weighted by Crippen LogP contribution is -2.29. The van der Waals surface area contributed by atoms with Gasteiger partial charge in [-0.2, -0.15) is 0 Å². The van der Waals surface area contributed by atoms with Crippen molar-refractivity contribution in [1.82, 2.24) is 4.90 Å². The van der Waals surface area contributed by atoms with E-state index in [9.17, 15) is 17.2 Å². The average molecular weight is 410 g/mol. The van der Waals surface area contributed by atoms with Gasteiger partial charge in [-0.15, -0.1) is 0 Å². The fourth-order valence-corrected chi connectivity index (χ4v) is 3.31. The number of hydrogen-bond donors (Lipinski definition) is 2. The van der Waals surface area contributed by atoms with E-state index in [1.165, 1.54) is 0 Å². The van der Waals surface area contributed by atoms with Crippen LogP contribution in [0.3, 0.4) is 0 Å². The Labute approximate surface area is 164 Å². The number of primary sulfonamides is 1. The van der Waals surface area contributed by atoms with Crippen LogP contribution in [0.1, 0.15) is 12.0 Å². The SMILES string of the molecule is C=C(Cc1ccccc1)[C@@H](CCN(C)C)Nc1c(F)cc(S(N)(=O)=O)cc1F. The van der Waals surface area contributed by atoms with E-state index in [0.29, 0.717) is 31.5 Å². The molecule has 5 nitrogen and oxygen atoms in total. The van der Waals surface area contributed by atoms with Gasteiger partial charge >= 0.3 is 0 Å². The van der Waals surface area contributed by atoms with Crippen LogP contribution in [0.4, 0.5) is 14.5 Å². The summed E-state index contributed by atoms with van der Waals surface area (Å²) >= 11 is 0. The molecule has 2 aromatic rings. The molecule has 0 aliphatic carbocycles. The van der Waals surface area contributed by atoms with E-state index in [1.54, 1.807) is 0 Å². The normalized spacial score (nSPS) is 12.8. The Bertz CT molecular complexity index is 909. The number of anilines is 1. The first-order valence-corrected chi connectivity index (χ1v) is 10.3. The molecular weight excluding hydrogens is 384 g/mol. The van der Waals surface area contributed by atoms with E-state index in [2.05, 4.69) is 11.9 Å². The molecule has 1 atom stereocenters. The molecule has 0 aliphatic rings. The Balaban J connectivity index is 2.28. The fraction of sp³-hybridized carbons (Fsp3) is 0.300. The third-order valence-corrected chi connectivity index (χ3v) is 5.19. The maximum absolute atomic E-state index is 14.4. The van der Waals surface area contributed by atoms with Crippen LogP contribution in [0.2, 0.25) is 0 Å². The van der Waals surface area contributed by atoms with E-state index in [1.807, 2.05) is 49.3 Å². The number of nitrogens with one attached hydrogen (secondary N) is 1. The van der Waals surface area contributed by atoms with E-state index in [4.69, 9.17) is 5.14 Å². The first-order chi connectivity index (χ1) is 13.1. The molecule has 0 heterocycles. The van der Waals surface area contributed by atoms with Gasteiger partial charge in [0.1, 0.15) is 5.69 Å². The van der Waals surface area contributed by atoms with Gasteiger partial charge in [-0.1, -0.05) is 42.5 Å². The molecule has 2 aromatic carbocycles. The number of rotatable bonds is 9. The molecule has 0 unspecified atom stereocenters. The van der Waals surface area contributed by atoms with Gasteiger partial charge in [0.15, 0.2) is 11.6 Å². The van der Waals surface area contributed by atoms with Gasteiger partial charge in [0.25, 0.3) is 0 Å². The van der Waals surface area contributed by atoms with Gasteiger partial charge in [-0.25, -0.2) is 22.3 Å². The molecule has 0 bridgehead atoms. The molecule has 2 rings (SSSR count). The first-order valence-electron chi connectivity index (χ1n) is 8.72. The maximum atomic E-state index is 14.4. The summed E-state index contributed by atoms with van der Waals surface area (Å²) in [5.74, 6) is -2.04. The molecule has 0 fully saturated rings. The molecule has 0 aliphatic heterocycles. The van der Waals surface area contributed by atoms with Crippen LogP contribution >= 0.6 is 0 Å². The van der Waals surface area contributed by atoms with E-state index >= 15 is 0 Å². The van der Waals surface area contributed by atoms with Crippen molar-refractivity contribution in [3.63, 3.8) is 0 Å². The van der Waals surface area contributed by atoms with Gasteiger partial charge < -0.3 is 10.2 Å². The lowest BCUT2D eigenvalue weighted by atomic mass is 9.97. The average Bonchev–Trinajstić information content (AvgIpc) is 2.60. The molecule has 0 saturated carbocycles. The predicted octanol–water partition coefficient (Wildman–Crippen LogP) is 3.14. The monoisotopic (exact) mass is 409 g/mol. The molecule has 0 amide bonds. The van der Waals surface area contributed by atoms with Crippen LogP contribution in [0.15, 0.2) is 59.5 Å². The minimum absolute atomic E-state index is 0.398. The molecule has 0 saturated heterocycles. The van der Waals surface area contributed by atoms with Crippen LogP contribution in [-0.2, 0) is 16.4 Å². The van der Waals surface area contributed by atoms with Crippen molar-refractivity contribution in [3.05, 3.63) is 71.8 Å². The zero-order chi connectivity index (χ0) is 20.9. The topological polar surface area (TPSA) is 75.4 Å². The van der Waals surface area contributed by atoms with Crippen molar-refractivity contribution in [3.8, 4) is 0 Å². The van der Waals surface area contributed by atoms with Gasteiger partial charge in [0.05, 0.1) is 4.90 Å². The minimum Gasteiger partial charge on any atom is -0.374 e.